The van der Waals surface area contributed by atoms with Gasteiger partial charge in [-0.05, 0) is 30.7 Å². The van der Waals surface area contributed by atoms with Gasteiger partial charge in [-0.2, -0.15) is 0 Å². The summed E-state index contributed by atoms with van der Waals surface area (Å²) in [5.74, 6) is -1.74. The van der Waals surface area contributed by atoms with E-state index in [0.29, 0.717) is 6.42 Å². The normalized spacial score (nSPS) is 9.73. The summed E-state index contributed by atoms with van der Waals surface area (Å²) in [6.07, 6.45) is 0.822. The lowest BCUT2D eigenvalue weighted by Gasteiger charge is -2.01. The van der Waals surface area contributed by atoms with Crippen LogP contribution in [0.5, 0.6) is 0 Å². The van der Waals surface area contributed by atoms with Gasteiger partial charge in [-0.15, -0.1) is 0 Å². The predicted molar refractivity (Wildman–Crippen MR) is 51.7 cm³/mol. The van der Waals surface area contributed by atoms with Crippen molar-refractivity contribution in [2.45, 2.75) is 19.8 Å². The average molecular weight is 210 g/mol. The Morgan fingerprint density at radius 2 is 1.87 bits per heavy atom. The summed E-state index contributed by atoms with van der Waals surface area (Å²) in [6.45, 7) is 1.81. The minimum Gasteiger partial charge on any atom is -0.389 e. The molecule has 0 aliphatic heterocycles. The summed E-state index contributed by atoms with van der Waals surface area (Å²) in [6, 6.07) is 4.83. The van der Waals surface area contributed by atoms with Crippen LogP contribution in [0.1, 0.15) is 30.1 Å². The third-order valence-corrected chi connectivity index (χ3v) is 1.74. The molecule has 0 atom stereocenters. The Morgan fingerprint density at radius 3 is 2.40 bits per heavy atom. The van der Waals surface area contributed by atoms with Crippen molar-refractivity contribution >= 4 is 11.9 Å². The molecule has 0 amide bonds. The molecule has 3 nitrogen and oxygen atoms in total. The fourth-order valence-electron chi connectivity index (χ4n) is 1.00. The number of carbonyl (C=O) groups is 2. The van der Waals surface area contributed by atoms with Crippen LogP contribution in [0.3, 0.4) is 0 Å². The molecule has 1 aromatic rings. The lowest BCUT2D eigenvalue weighted by atomic mass is 10.2. The van der Waals surface area contributed by atoms with Crippen LogP contribution in [0, 0.1) is 5.82 Å². The molecule has 1 rings (SSSR count). The van der Waals surface area contributed by atoms with Gasteiger partial charge in [-0.1, -0.05) is 6.92 Å². The quantitative estimate of drug-likeness (QED) is 0.568. The molecule has 0 saturated heterocycles. The molecule has 0 bridgehead atoms. The van der Waals surface area contributed by atoms with Crippen LogP contribution in [0.25, 0.3) is 0 Å². The van der Waals surface area contributed by atoms with Gasteiger partial charge >= 0.3 is 11.9 Å². The molecule has 4 heteroatoms. The third-order valence-electron chi connectivity index (χ3n) is 1.74. The maximum absolute atomic E-state index is 12.5. The molecule has 0 radical (unpaired) electrons. The fourth-order valence-corrected chi connectivity index (χ4v) is 1.00. The second-order valence-electron chi connectivity index (χ2n) is 3.02. The maximum atomic E-state index is 12.5. The van der Waals surface area contributed by atoms with Crippen molar-refractivity contribution < 1.29 is 18.7 Å². The summed E-state index contributed by atoms with van der Waals surface area (Å²) in [7, 11) is 0. The molecule has 0 heterocycles. The number of benzene rings is 1. The highest BCUT2D eigenvalue weighted by Crippen LogP contribution is 2.05. The second-order valence-corrected chi connectivity index (χ2v) is 3.02. The van der Waals surface area contributed by atoms with E-state index in [0.717, 1.165) is 12.1 Å². The van der Waals surface area contributed by atoms with Crippen LogP contribution in [0.4, 0.5) is 4.39 Å². The highest BCUT2D eigenvalue weighted by atomic mass is 19.1. The van der Waals surface area contributed by atoms with Crippen molar-refractivity contribution in [1.82, 2.24) is 0 Å². The summed E-state index contributed by atoms with van der Waals surface area (Å²) >= 11 is 0. The number of carbonyl (C=O) groups excluding carboxylic acids is 2. The first-order valence-corrected chi connectivity index (χ1v) is 4.64. The molecular formula is C11H11FO3. The Bertz CT molecular complexity index is 357. The second kappa shape index (κ2) is 5.24. The molecule has 0 N–H and O–H groups in total. The zero-order chi connectivity index (χ0) is 11.3. The van der Waals surface area contributed by atoms with E-state index in [1.807, 2.05) is 6.92 Å². The van der Waals surface area contributed by atoms with Gasteiger partial charge in [0, 0.05) is 6.42 Å². The number of hydrogen-bond donors (Lipinski definition) is 0. The lowest BCUT2D eigenvalue weighted by molar-refractivity contribution is -0.137. The average Bonchev–Trinajstić information content (AvgIpc) is 2.18. The summed E-state index contributed by atoms with van der Waals surface area (Å²) < 4.78 is 17.0. The van der Waals surface area contributed by atoms with Gasteiger partial charge in [0.1, 0.15) is 5.82 Å². The van der Waals surface area contributed by atoms with Crippen molar-refractivity contribution in [2.24, 2.45) is 0 Å². The lowest BCUT2D eigenvalue weighted by Crippen LogP contribution is -2.11. The Hall–Kier alpha value is -1.71. The van der Waals surface area contributed by atoms with E-state index in [1.54, 1.807) is 0 Å². The molecule has 15 heavy (non-hydrogen) atoms. The molecule has 0 aliphatic carbocycles. The first-order chi connectivity index (χ1) is 7.13. The summed E-state index contributed by atoms with van der Waals surface area (Å²) in [4.78, 5) is 22.3. The highest BCUT2D eigenvalue weighted by Gasteiger charge is 2.11. The van der Waals surface area contributed by atoms with Gasteiger partial charge < -0.3 is 4.74 Å². The molecule has 0 spiro atoms. The van der Waals surface area contributed by atoms with E-state index in [1.165, 1.54) is 12.1 Å². The smallest absolute Gasteiger partial charge is 0.345 e. The van der Waals surface area contributed by atoms with Crippen molar-refractivity contribution in [2.75, 3.05) is 0 Å². The van der Waals surface area contributed by atoms with Gasteiger partial charge in [-0.3, -0.25) is 4.79 Å². The number of ether oxygens (including phenoxy) is 1. The molecule has 0 fully saturated rings. The van der Waals surface area contributed by atoms with Crippen molar-refractivity contribution in [3.63, 3.8) is 0 Å². The molecule has 0 aromatic heterocycles. The van der Waals surface area contributed by atoms with Crippen LogP contribution >= 0.6 is 0 Å². The number of esters is 2. The SMILES string of the molecule is CCCC(=O)OC(=O)c1ccc(F)cc1. The first-order valence-electron chi connectivity index (χ1n) is 4.64. The molecule has 1 aromatic carbocycles. The predicted octanol–water partition coefficient (Wildman–Crippen LogP) is 2.31. The van der Waals surface area contributed by atoms with Crippen LogP contribution < -0.4 is 0 Å². The number of rotatable bonds is 3. The minimum atomic E-state index is -0.742. The van der Waals surface area contributed by atoms with Gasteiger partial charge in [0.15, 0.2) is 0 Å². The van der Waals surface area contributed by atoms with Crippen molar-refractivity contribution in [3.8, 4) is 0 Å². The summed E-state index contributed by atoms with van der Waals surface area (Å²) in [5.41, 5.74) is 0.167. The minimum absolute atomic E-state index is 0.167. The molecular weight excluding hydrogens is 199 g/mol. The van der Waals surface area contributed by atoms with Gasteiger partial charge in [0.2, 0.25) is 0 Å². The Balaban J connectivity index is 2.61. The monoisotopic (exact) mass is 210 g/mol. The fraction of sp³-hybridized carbons (Fsp3) is 0.273. The van der Waals surface area contributed by atoms with Crippen LogP contribution in [0.15, 0.2) is 24.3 Å². The number of halogens is 1. The standard InChI is InChI=1S/C11H11FO3/c1-2-3-10(13)15-11(14)8-4-6-9(12)7-5-8/h4-7H,2-3H2,1H3. The van der Waals surface area contributed by atoms with Crippen LogP contribution in [-0.4, -0.2) is 11.9 Å². The zero-order valence-electron chi connectivity index (χ0n) is 8.33. The largest absolute Gasteiger partial charge is 0.389 e. The van der Waals surface area contributed by atoms with E-state index in [4.69, 9.17) is 0 Å². The molecule has 0 unspecified atom stereocenters. The molecule has 0 saturated carbocycles. The summed E-state index contributed by atoms with van der Waals surface area (Å²) in [5, 5.41) is 0. The van der Waals surface area contributed by atoms with Gasteiger partial charge in [0.25, 0.3) is 0 Å². The van der Waals surface area contributed by atoms with Crippen molar-refractivity contribution in [3.05, 3.63) is 35.6 Å². The Labute approximate surface area is 86.9 Å². The van der Waals surface area contributed by atoms with Crippen LogP contribution in [0.2, 0.25) is 0 Å². The van der Waals surface area contributed by atoms with E-state index in [2.05, 4.69) is 4.74 Å². The van der Waals surface area contributed by atoms with Gasteiger partial charge in [0.05, 0.1) is 5.56 Å². The Kier molecular flexibility index (Phi) is 3.97. The maximum Gasteiger partial charge on any atom is 0.345 e. The topological polar surface area (TPSA) is 43.4 Å². The third kappa shape index (κ3) is 3.50. The van der Waals surface area contributed by atoms with Crippen molar-refractivity contribution in [1.29, 1.82) is 0 Å². The first kappa shape index (κ1) is 11.4. The van der Waals surface area contributed by atoms with Gasteiger partial charge in [-0.25, -0.2) is 9.18 Å². The van der Waals surface area contributed by atoms with E-state index in [-0.39, 0.29) is 12.0 Å². The van der Waals surface area contributed by atoms with E-state index < -0.39 is 17.8 Å². The number of hydrogen-bond acceptors (Lipinski definition) is 3. The Morgan fingerprint density at radius 1 is 1.27 bits per heavy atom. The van der Waals surface area contributed by atoms with E-state index in [9.17, 15) is 14.0 Å². The molecule has 0 aliphatic rings. The highest BCUT2D eigenvalue weighted by molar-refractivity contribution is 5.96. The molecule has 80 valence electrons. The van der Waals surface area contributed by atoms with Crippen LogP contribution in [-0.2, 0) is 9.53 Å². The zero-order valence-corrected chi connectivity index (χ0v) is 8.33. The van der Waals surface area contributed by atoms with E-state index >= 15 is 0 Å².